The van der Waals surface area contributed by atoms with Crippen molar-refractivity contribution >= 4 is 11.8 Å². The maximum Gasteiger partial charge on any atom is 0.330 e. The molecule has 130 valence electrons. The zero-order chi connectivity index (χ0) is 18.1. The average Bonchev–Trinajstić information content (AvgIpc) is 2.66. The summed E-state index contributed by atoms with van der Waals surface area (Å²) in [5.74, 6) is 0.222. The third kappa shape index (κ3) is 2.79. The van der Waals surface area contributed by atoms with Gasteiger partial charge in [-0.1, -0.05) is 60.7 Å². The van der Waals surface area contributed by atoms with Crippen LogP contribution in [0.4, 0.5) is 10.6 Å². The van der Waals surface area contributed by atoms with Crippen molar-refractivity contribution in [1.82, 2.24) is 14.9 Å². The van der Waals surface area contributed by atoms with Crippen LogP contribution in [-0.4, -0.2) is 15.6 Å². The van der Waals surface area contributed by atoms with Crippen LogP contribution in [0.2, 0.25) is 0 Å². The van der Waals surface area contributed by atoms with E-state index >= 15 is 0 Å². The number of rotatable bonds is 3. The van der Waals surface area contributed by atoms with Gasteiger partial charge in [0.05, 0.1) is 18.2 Å². The summed E-state index contributed by atoms with van der Waals surface area (Å²) in [5.41, 5.74) is 0.875. The molecule has 0 fully saturated rings. The molecule has 2 amide bonds. The Hall–Kier alpha value is -3.61. The number of benzene rings is 2. The van der Waals surface area contributed by atoms with E-state index in [0.29, 0.717) is 5.56 Å². The monoisotopic (exact) mass is 348 g/mol. The maximum absolute atomic E-state index is 12.5. The molecule has 7 heteroatoms. The standard InChI is InChI=1S/C19H16N4O3/c24-17-14-15(13-9-5-2-6-10-13)20-18(25)21-16(14)23(19(26)22-17)11-12-7-3-1-4-8-12/h1-10,15H,11H2,(H2,20,21,25)(H,22,24,26)/t15-/m0/s1. The van der Waals surface area contributed by atoms with Gasteiger partial charge in [-0.2, -0.15) is 0 Å². The summed E-state index contributed by atoms with van der Waals surface area (Å²) in [6, 6.07) is 17.4. The van der Waals surface area contributed by atoms with Crippen LogP contribution < -0.4 is 21.9 Å². The van der Waals surface area contributed by atoms with Crippen molar-refractivity contribution in [2.75, 3.05) is 5.32 Å². The Morgan fingerprint density at radius 1 is 0.885 bits per heavy atom. The fourth-order valence-corrected chi connectivity index (χ4v) is 3.15. The van der Waals surface area contributed by atoms with Gasteiger partial charge in [0.25, 0.3) is 5.56 Å². The Kier molecular flexibility index (Phi) is 3.89. The summed E-state index contributed by atoms with van der Waals surface area (Å²) < 4.78 is 1.38. The molecule has 1 aliphatic rings. The molecular weight excluding hydrogens is 332 g/mol. The van der Waals surface area contributed by atoms with E-state index in [1.54, 1.807) is 0 Å². The molecule has 0 radical (unpaired) electrons. The van der Waals surface area contributed by atoms with E-state index in [0.717, 1.165) is 11.1 Å². The van der Waals surface area contributed by atoms with Crippen LogP contribution in [0.25, 0.3) is 0 Å². The van der Waals surface area contributed by atoms with E-state index in [1.807, 2.05) is 60.7 Å². The lowest BCUT2D eigenvalue weighted by Crippen LogP contribution is -2.46. The first-order chi connectivity index (χ1) is 12.6. The van der Waals surface area contributed by atoms with E-state index < -0.39 is 23.3 Å². The molecule has 0 aliphatic carbocycles. The van der Waals surface area contributed by atoms with Crippen molar-refractivity contribution in [3.8, 4) is 0 Å². The summed E-state index contributed by atoms with van der Waals surface area (Å²) in [6.07, 6.45) is 0. The Morgan fingerprint density at radius 3 is 2.23 bits per heavy atom. The highest BCUT2D eigenvalue weighted by Crippen LogP contribution is 2.28. The van der Waals surface area contributed by atoms with E-state index in [2.05, 4.69) is 15.6 Å². The Morgan fingerprint density at radius 2 is 1.54 bits per heavy atom. The zero-order valence-electron chi connectivity index (χ0n) is 13.7. The van der Waals surface area contributed by atoms with Crippen molar-refractivity contribution in [2.24, 2.45) is 0 Å². The molecule has 0 bridgehead atoms. The number of anilines is 1. The number of fused-ring (bicyclic) bond motifs is 1. The summed E-state index contributed by atoms with van der Waals surface area (Å²) >= 11 is 0. The summed E-state index contributed by atoms with van der Waals surface area (Å²) in [6.45, 7) is 0.237. The lowest BCUT2D eigenvalue weighted by atomic mass is 9.98. The van der Waals surface area contributed by atoms with Crippen LogP contribution in [0.1, 0.15) is 22.7 Å². The molecule has 0 saturated carbocycles. The summed E-state index contributed by atoms with van der Waals surface area (Å²) in [7, 11) is 0. The molecule has 26 heavy (non-hydrogen) atoms. The second-order valence-electron chi connectivity index (χ2n) is 6.04. The van der Waals surface area contributed by atoms with Gasteiger partial charge >= 0.3 is 11.7 Å². The Bertz CT molecular complexity index is 1070. The number of carbonyl (C=O) groups excluding carboxylic acids is 1. The number of aromatic amines is 1. The molecule has 2 heterocycles. The number of hydrogen-bond acceptors (Lipinski definition) is 3. The molecule has 0 spiro atoms. The van der Waals surface area contributed by atoms with Crippen molar-refractivity contribution in [1.29, 1.82) is 0 Å². The molecule has 1 atom stereocenters. The molecule has 4 rings (SSSR count). The van der Waals surface area contributed by atoms with E-state index in [-0.39, 0.29) is 12.4 Å². The van der Waals surface area contributed by atoms with Gasteiger partial charge in [-0.05, 0) is 11.1 Å². The predicted octanol–water partition coefficient (Wildman–Crippen LogP) is 1.81. The fourth-order valence-electron chi connectivity index (χ4n) is 3.15. The number of urea groups is 1. The van der Waals surface area contributed by atoms with Crippen LogP contribution in [0, 0.1) is 0 Å². The number of H-pyrrole nitrogens is 1. The smallest absolute Gasteiger partial charge is 0.327 e. The molecular formula is C19H16N4O3. The van der Waals surface area contributed by atoms with Gasteiger partial charge in [0.15, 0.2) is 0 Å². The van der Waals surface area contributed by atoms with Crippen LogP contribution in [0.3, 0.4) is 0 Å². The van der Waals surface area contributed by atoms with Crippen molar-refractivity contribution in [2.45, 2.75) is 12.6 Å². The fraction of sp³-hybridized carbons (Fsp3) is 0.105. The highest BCUT2D eigenvalue weighted by Gasteiger charge is 2.31. The van der Waals surface area contributed by atoms with Crippen LogP contribution in [0.5, 0.6) is 0 Å². The SMILES string of the molecule is O=C1Nc2c(c(=O)[nH]c(=O)n2Cc2ccccc2)[C@H](c2ccccc2)N1. The van der Waals surface area contributed by atoms with E-state index in [1.165, 1.54) is 4.57 Å². The van der Waals surface area contributed by atoms with Gasteiger partial charge in [0, 0.05) is 0 Å². The van der Waals surface area contributed by atoms with Gasteiger partial charge in [-0.25, -0.2) is 9.59 Å². The van der Waals surface area contributed by atoms with Crippen LogP contribution in [0.15, 0.2) is 70.3 Å². The maximum atomic E-state index is 12.5. The quantitative estimate of drug-likeness (QED) is 0.673. The highest BCUT2D eigenvalue weighted by molar-refractivity contribution is 5.92. The molecule has 1 aliphatic heterocycles. The number of nitrogens with one attached hydrogen (secondary N) is 3. The first-order valence-corrected chi connectivity index (χ1v) is 8.17. The second kappa shape index (κ2) is 6.36. The normalized spacial score (nSPS) is 15.7. The first-order valence-electron chi connectivity index (χ1n) is 8.17. The molecule has 7 nitrogen and oxygen atoms in total. The van der Waals surface area contributed by atoms with Gasteiger partial charge in [-0.15, -0.1) is 0 Å². The van der Waals surface area contributed by atoms with Crippen molar-refractivity contribution < 1.29 is 4.79 Å². The zero-order valence-corrected chi connectivity index (χ0v) is 13.7. The average molecular weight is 348 g/mol. The number of nitrogens with zero attached hydrogens (tertiary/aromatic N) is 1. The largest absolute Gasteiger partial charge is 0.330 e. The number of aromatic nitrogens is 2. The molecule has 0 saturated heterocycles. The minimum Gasteiger partial charge on any atom is -0.327 e. The van der Waals surface area contributed by atoms with E-state index in [4.69, 9.17) is 0 Å². The number of hydrogen-bond donors (Lipinski definition) is 3. The molecule has 3 N–H and O–H groups in total. The Balaban J connectivity index is 1.90. The third-order valence-corrected chi connectivity index (χ3v) is 4.35. The van der Waals surface area contributed by atoms with Crippen molar-refractivity contribution in [3.63, 3.8) is 0 Å². The predicted molar refractivity (Wildman–Crippen MR) is 97.3 cm³/mol. The highest BCUT2D eigenvalue weighted by atomic mass is 16.2. The van der Waals surface area contributed by atoms with Crippen LogP contribution >= 0.6 is 0 Å². The van der Waals surface area contributed by atoms with Gasteiger partial charge in [-0.3, -0.25) is 19.7 Å². The molecule has 3 aromatic rings. The number of amides is 2. The molecule has 1 aromatic heterocycles. The van der Waals surface area contributed by atoms with Crippen LogP contribution in [-0.2, 0) is 6.54 Å². The molecule has 2 aromatic carbocycles. The van der Waals surface area contributed by atoms with Gasteiger partial charge < -0.3 is 5.32 Å². The second-order valence-corrected chi connectivity index (χ2v) is 6.04. The number of carbonyl (C=O) groups is 1. The topological polar surface area (TPSA) is 96.0 Å². The minimum absolute atomic E-state index is 0.222. The summed E-state index contributed by atoms with van der Waals surface area (Å²) in [4.78, 5) is 39.5. The van der Waals surface area contributed by atoms with Gasteiger partial charge in [0.2, 0.25) is 0 Å². The molecule has 0 unspecified atom stereocenters. The van der Waals surface area contributed by atoms with Gasteiger partial charge in [0.1, 0.15) is 5.82 Å². The third-order valence-electron chi connectivity index (χ3n) is 4.35. The van der Waals surface area contributed by atoms with Crippen molar-refractivity contribution in [3.05, 3.63) is 98.2 Å². The first kappa shape index (κ1) is 15.9. The van der Waals surface area contributed by atoms with E-state index in [9.17, 15) is 14.4 Å². The summed E-state index contributed by atoms with van der Waals surface area (Å²) in [5, 5.41) is 5.38. The minimum atomic E-state index is -0.633. The lowest BCUT2D eigenvalue weighted by molar-refractivity contribution is 0.248. The Labute approximate surface area is 148 Å². The lowest BCUT2D eigenvalue weighted by Gasteiger charge is -2.28.